The Hall–Kier alpha value is -0.630. The fourth-order valence-electron chi connectivity index (χ4n) is 1.84. The van der Waals surface area contributed by atoms with Crippen molar-refractivity contribution in [3.05, 3.63) is 50.1 Å². The van der Waals surface area contributed by atoms with Crippen LogP contribution < -0.4 is 10.5 Å². The summed E-state index contributed by atoms with van der Waals surface area (Å²) in [4.78, 5) is 0.893. The Labute approximate surface area is 137 Å². The van der Waals surface area contributed by atoms with Gasteiger partial charge in [0.2, 0.25) is 10.0 Å². The maximum Gasteiger partial charge on any atom is 0.241 e. The highest BCUT2D eigenvalue weighted by molar-refractivity contribution is 7.89. The van der Waals surface area contributed by atoms with E-state index in [9.17, 15) is 8.42 Å². The highest BCUT2D eigenvalue weighted by Crippen LogP contribution is 2.22. The highest BCUT2D eigenvalue weighted by atomic mass is 35.5. The summed E-state index contributed by atoms with van der Waals surface area (Å²) in [6.45, 7) is 0.459. The third-order valence-electron chi connectivity index (χ3n) is 2.88. The Balaban J connectivity index is 2.02. The first-order valence-corrected chi connectivity index (χ1v) is 9.26. The molecule has 0 bridgehead atoms. The summed E-state index contributed by atoms with van der Waals surface area (Å²) in [5, 5.41) is 2.79. The number of nitrogens with two attached hydrogens (primary N) is 1. The van der Waals surface area contributed by atoms with Crippen LogP contribution in [0, 0.1) is 0 Å². The minimum Gasteiger partial charge on any atom is -0.326 e. The van der Waals surface area contributed by atoms with E-state index >= 15 is 0 Å². The molecule has 0 aliphatic rings. The first-order chi connectivity index (χ1) is 9.94. The van der Waals surface area contributed by atoms with E-state index in [0.29, 0.717) is 21.3 Å². The van der Waals surface area contributed by atoms with Gasteiger partial charge in [0, 0.05) is 28.0 Å². The summed E-state index contributed by atoms with van der Waals surface area (Å²) >= 11 is 13.2. The fraction of sp³-hybridized carbons (Fsp3) is 0.231. The molecule has 8 heteroatoms. The van der Waals surface area contributed by atoms with Gasteiger partial charge in [0.1, 0.15) is 0 Å². The molecule has 2 aromatic rings. The van der Waals surface area contributed by atoms with Gasteiger partial charge in [0.05, 0.1) is 4.90 Å². The Morgan fingerprint density at radius 2 is 2.00 bits per heavy atom. The number of hydrogen-bond donors (Lipinski definition) is 2. The van der Waals surface area contributed by atoms with Gasteiger partial charge in [0.25, 0.3) is 0 Å². The number of benzene rings is 1. The van der Waals surface area contributed by atoms with Gasteiger partial charge in [0.15, 0.2) is 0 Å². The average molecular weight is 365 g/mol. The molecule has 3 N–H and O–H groups in total. The third kappa shape index (κ3) is 4.18. The van der Waals surface area contributed by atoms with Crippen LogP contribution in [0.2, 0.25) is 10.0 Å². The van der Waals surface area contributed by atoms with E-state index in [1.165, 1.54) is 11.3 Å². The molecule has 0 fully saturated rings. The predicted molar refractivity (Wildman–Crippen MR) is 87.6 cm³/mol. The van der Waals surface area contributed by atoms with Crippen LogP contribution in [-0.4, -0.2) is 15.0 Å². The molecule has 21 heavy (non-hydrogen) atoms. The minimum atomic E-state index is -3.54. The molecule has 0 saturated heterocycles. The van der Waals surface area contributed by atoms with E-state index in [-0.39, 0.29) is 18.0 Å². The summed E-state index contributed by atoms with van der Waals surface area (Å²) in [6.07, 6.45) is 0.483. The molecule has 0 radical (unpaired) electrons. The molecule has 2 rings (SSSR count). The molecule has 1 aromatic carbocycles. The number of sulfonamides is 1. The predicted octanol–water partition coefficient (Wildman–Crippen LogP) is 3.03. The first-order valence-electron chi connectivity index (χ1n) is 6.14. The SMILES string of the molecule is NCc1sccc1S(=O)(=O)NCCc1ccc(Cl)cc1Cl. The zero-order valence-corrected chi connectivity index (χ0v) is 14.1. The number of halogens is 2. The van der Waals surface area contributed by atoms with Crippen molar-refractivity contribution in [3.63, 3.8) is 0 Å². The number of hydrogen-bond acceptors (Lipinski definition) is 4. The number of thiophene rings is 1. The van der Waals surface area contributed by atoms with Crippen LogP contribution in [-0.2, 0) is 23.0 Å². The molecule has 114 valence electrons. The largest absolute Gasteiger partial charge is 0.326 e. The van der Waals surface area contributed by atoms with E-state index < -0.39 is 10.0 Å². The molecule has 4 nitrogen and oxygen atoms in total. The van der Waals surface area contributed by atoms with E-state index in [2.05, 4.69) is 4.72 Å². The van der Waals surface area contributed by atoms with Gasteiger partial charge in [-0.15, -0.1) is 11.3 Å². The number of nitrogens with one attached hydrogen (secondary N) is 1. The first kappa shape index (κ1) is 16.7. The lowest BCUT2D eigenvalue weighted by Gasteiger charge is -2.08. The highest BCUT2D eigenvalue weighted by Gasteiger charge is 2.18. The lowest BCUT2D eigenvalue weighted by Crippen LogP contribution is -2.26. The third-order valence-corrected chi connectivity index (χ3v) is 6.09. The van der Waals surface area contributed by atoms with Crippen LogP contribution in [0.15, 0.2) is 34.5 Å². The Bertz CT molecular complexity index is 730. The molecule has 1 aromatic heterocycles. The van der Waals surface area contributed by atoms with Crippen molar-refractivity contribution in [2.24, 2.45) is 5.73 Å². The molecule has 0 amide bonds. The van der Waals surface area contributed by atoms with Gasteiger partial charge in [-0.05, 0) is 35.6 Å². The normalized spacial score (nSPS) is 11.8. The van der Waals surface area contributed by atoms with Gasteiger partial charge < -0.3 is 5.73 Å². The molecule has 0 spiro atoms. The number of rotatable bonds is 6. The van der Waals surface area contributed by atoms with Gasteiger partial charge in [-0.1, -0.05) is 29.3 Å². The van der Waals surface area contributed by atoms with Crippen molar-refractivity contribution in [1.82, 2.24) is 4.72 Å². The molecule has 0 aliphatic carbocycles. The van der Waals surface area contributed by atoms with E-state index in [0.717, 1.165) is 5.56 Å². The maximum atomic E-state index is 12.2. The summed E-state index contributed by atoms with van der Waals surface area (Å²) in [6, 6.07) is 6.71. The maximum absolute atomic E-state index is 12.2. The summed E-state index contributed by atoms with van der Waals surface area (Å²) in [5.74, 6) is 0. The zero-order valence-electron chi connectivity index (χ0n) is 11.0. The molecule has 0 atom stereocenters. The Morgan fingerprint density at radius 3 is 2.67 bits per heavy atom. The van der Waals surface area contributed by atoms with Crippen LogP contribution in [0.4, 0.5) is 0 Å². The Morgan fingerprint density at radius 1 is 1.24 bits per heavy atom. The minimum absolute atomic E-state index is 0.205. The van der Waals surface area contributed by atoms with Crippen molar-refractivity contribution in [1.29, 1.82) is 0 Å². The Kier molecular flexibility index (Phi) is 5.65. The van der Waals surface area contributed by atoms with E-state index in [1.807, 2.05) is 0 Å². The molecular weight excluding hydrogens is 351 g/mol. The standard InChI is InChI=1S/C13H14Cl2N2O2S2/c14-10-2-1-9(11(15)7-10)3-5-17-21(18,19)13-4-6-20-12(13)8-16/h1-2,4,6-7,17H,3,5,8,16H2. The molecule has 0 aliphatic heterocycles. The summed E-state index contributed by atoms with van der Waals surface area (Å²) < 4.78 is 26.9. The summed E-state index contributed by atoms with van der Waals surface area (Å²) in [7, 11) is -3.54. The second-order valence-corrected chi connectivity index (χ2v) is 7.88. The van der Waals surface area contributed by atoms with Gasteiger partial charge in [-0.25, -0.2) is 13.1 Å². The average Bonchev–Trinajstić information content (AvgIpc) is 2.90. The van der Waals surface area contributed by atoms with E-state index in [1.54, 1.807) is 29.6 Å². The molecule has 0 saturated carbocycles. The van der Waals surface area contributed by atoms with Gasteiger partial charge >= 0.3 is 0 Å². The van der Waals surface area contributed by atoms with Crippen LogP contribution >= 0.6 is 34.5 Å². The smallest absolute Gasteiger partial charge is 0.241 e. The van der Waals surface area contributed by atoms with E-state index in [4.69, 9.17) is 28.9 Å². The van der Waals surface area contributed by atoms with Crippen molar-refractivity contribution in [3.8, 4) is 0 Å². The van der Waals surface area contributed by atoms with Crippen LogP contribution in [0.1, 0.15) is 10.4 Å². The molecular formula is C13H14Cl2N2O2S2. The zero-order chi connectivity index (χ0) is 15.5. The van der Waals surface area contributed by atoms with Crippen molar-refractivity contribution < 1.29 is 8.42 Å². The fourth-order valence-corrected chi connectivity index (χ4v) is 4.71. The van der Waals surface area contributed by atoms with Gasteiger partial charge in [-0.3, -0.25) is 0 Å². The lowest BCUT2D eigenvalue weighted by molar-refractivity contribution is 0.581. The van der Waals surface area contributed by atoms with Crippen molar-refractivity contribution >= 4 is 44.6 Å². The van der Waals surface area contributed by atoms with Crippen molar-refractivity contribution in [2.45, 2.75) is 17.9 Å². The molecule has 0 unspecified atom stereocenters. The van der Waals surface area contributed by atoms with Crippen molar-refractivity contribution in [2.75, 3.05) is 6.54 Å². The van der Waals surface area contributed by atoms with Crippen LogP contribution in [0.3, 0.4) is 0 Å². The van der Waals surface area contributed by atoms with Crippen LogP contribution in [0.25, 0.3) is 0 Å². The monoisotopic (exact) mass is 364 g/mol. The second-order valence-electron chi connectivity index (χ2n) is 4.30. The van der Waals surface area contributed by atoms with Gasteiger partial charge in [-0.2, -0.15) is 0 Å². The second kappa shape index (κ2) is 7.09. The molecule has 1 heterocycles. The topological polar surface area (TPSA) is 72.2 Å². The van der Waals surface area contributed by atoms with Crippen LogP contribution in [0.5, 0.6) is 0 Å². The quantitative estimate of drug-likeness (QED) is 0.827. The summed E-state index contributed by atoms with van der Waals surface area (Å²) in [5.41, 5.74) is 6.37. The lowest BCUT2D eigenvalue weighted by atomic mass is 10.1.